The Bertz CT molecular complexity index is 779. The third kappa shape index (κ3) is 3.43. The van der Waals surface area contributed by atoms with Crippen LogP contribution in [0.4, 0.5) is 0 Å². The second kappa shape index (κ2) is 6.98. The molecular weight excluding hydrogens is 342 g/mol. The zero-order valence-electron chi connectivity index (χ0n) is 14.5. The highest BCUT2D eigenvalue weighted by atomic mass is 32.2. The predicted octanol–water partition coefficient (Wildman–Crippen LogP) is 3.48. The summed E-state index contributed by atoms with van der Waals surface area (Å²) in [5, 5.41) is 1.82. The molecule has 24 heavy (non-hydrogen) atoms. The molecule has 3 heterocycles. The second-order valence-electron chi connectivity index (χ2n) is 6.79. The first-order chi connectivity index (χ1) is 11.4. The summed E-state index contributed by atoms with van der Waals surface area (Å²) in [4.78, 5) is 4.57. The molecule has 0 spiro atoms. The first kappa shape index (κ1) is 17.6. The maximum atomic E-state index is 12.7. The summed E-state index contributed by atoms with van der Waals surface area (Å²) >= 11 is 1.29. The van der Waals surface area contributed by atoms with Gasteiger partial charge in [-0.05, 0) is 51.0 Å². The van der Waals surface area contributed by atoms with E-state index in [4.69, 9.17) is 0 Å². The molecule has 1 unspecified atom stereocenters. The van der Waals surface area contributed by atoms with Gasteiger partial charge >= 0.3 is 0 Å². The molecule has 0 radical (unpaired) electrons. The fourth-order valence-corrected chi connectivity index (χ4v) is 6.26. The van der Waals surface area contributed by atoms with Gasteiger partial charge in [-0.15, -0.1) is 11.3 Å². The first-order valence-corrected chi connectivity index (χ1v) is 10.8. The van der Waals surface area contributed by atoms with Crippen LogP contribution < -0.4 is 0 Å². The highest BCUT2D eigenvalue weighted by Gasteiger charge is 2.31. The number of piperidine rings is 1. The van der Waals surface area contributed by atoms with Gasteiger partial charge in [0.15, 0.2) is 0 Å². The van der Waals surface area contributed by atoms with Crippen LogP contribution in [0, 0.1) is 12.8 Å². The summed E-state index contributed by atoms with van der Waals surface area (Å²) in [5.41, 5.74) is 1.17. The highest BCUT2D eigenvalue weighted by Crippen LogP contribution is 2.28. The van der Waals surface area contributed by atoms with E-state index < -0.39 is 10.0 Å². The van der Waals surface area contributed by atoms with Crippen LogP contribution in [0.25, 0.3) is 0 Å². The van der Waals surface area contributed by atoms with Gasteiger partial charge in [-0.2, -0.15) is 4.31 Å². The molecule has 0 aliphatic carbocycles. The van der Waals surface area contributed by atoms with Crippen LogP contribution in [0.15, 0.2) is 27.9 Å². The average Bonchev–Trinajstić information content (AvgIpc) is 3.18. The Morgan fingerprint density at radius 2 is 2.21 bits per heavy atom. The van der Waals surface area contributed by atoms with Gasteiger partial charge in [0.2, 0.25) is 0 Å². The molecule has 1 fully saturated rings. The summed E-state index contributed by atoms with van der Waals surface area (Å²) in [6, 6.07) is 3.86. The van der Waals surface area contributed by atoms with E-state index in [0.29, 0.717) is 29.3 Å². The molecule has 1 aliphatic heterocycles. The number of hydrogen-bond donors (Lipinski definition) is 0. The predicted molar refractivity (Wildman–Crippen MR) is 96.9 cm³/mol. The normalized spacial score (nSPS) is 19.9. The van der Waals surface area contributed by atoms with Crippen molar-refractivity contribution in [2.75, 3.05) is 13.1 Å². The van der Waals surface area contributed by atoms with Gasteiger partial charge in [-0.3, -0.25) is 0 Å². The van der Waals surface area contributed by atoms with Crippen LogP contribution in [-0.2, 0) is 16.4 Å². The number of aryl methyl sites for hydroxylation is 1. The van der Waals surface area contributed by atoms with Gasteiger partial charge < -0.3 is 4.57 Å². The molecule has 1 aliphatic rings. The maximum Gasteiger partial charge on any atom is 0.252 e. The van der Waals surface area contributed by atoms with Crippen molar-refractivity contribution in [2.24, 2.45) is 5.92 Å². The minimum Gasteiger partial charge on any atom is -0.330 e. The largest absolute Gasteiger partial charge is 0.330 e. The van der Waals surface area contributed by atoms with E-state index in [-0.39, 0.29) is 0 Å². The van der Waals surface area contributed by atoms with Gasteiger partial charge in [0.1, 0.15) is 10.0 Å². The van der Waals surface area contributed by atoms with E-state index in [1.54, 1.807) is 16.4 Å². The quantitative estimate of drug-likeness (QED) is 0.813. The van der Waals surface area contributed by atoms with E-state index in [9.17, 15) is 8.42 Å². The minimum absolute atomic E-state index is 0.327. The number of sulfonamides is 1. The van der Waals surface area contributed by atoms with Crippen molar-refractivity contribution in [1.29, 1.82) is 0 Å². The molecule has 1 saturated heterocycles. The maximum absolute atomic E-state index is 12.7. The molecule has 0 amide bonds. The van der Waals surface area contributed by atoms with E-state index in [0.717, 1.165) is 25.1 Å². The van der Waals surface area contributed by atoms with Crippen LogP contribution in [0.3, 0.4) is 0 Å². The van der Waals surface area contributed by atoms with Gasteiger partial charge in [-0.1, -0.05) is 6.07 Å². The molecular formula is C17H25N3O2S2. The van der Waals surface area contributed by atoms with Crippen LogP contribution in [0.1, 0.15) is 44.2 Å². The highest BCUT2D eigenvalue weighted by molar-refractivity contribution is 7.91. The van der Waals surface area contributed by atoms with E-state index >= 15 is 0 Å². The fourth-order valence-electron chi connectivity index (χ4n) is 3.56. The summed E-state index contributed by atoms with van der Waals surface area (Å²) in [5.74, 6) is 1.40. The topological polar surface area (TPSA) is 55.2 Å². The van der Waals surface area contributed by atoms with Crippen molar-refractivity contribution in [2.45, 2.75) is 50.3 Å². The molecule has 132 valence electrons. The van der Waals surface area contributed by atoms with E-state index in [1.807, 2.05) is 11.6 Å². The monoisotopic (exact) mass is 367 g/mol. The van der Waals surface area contributed by atoms with E-state index in [1.165, 1.54) is 17.0 Å². The smallest absolute Gasteiger partial charge is 0.252 e. The van der Waals surface area contributed by atoms with Crippen molar-refractivity contribution in [3.05, 3.63) is 35.2 Å². The Kier molecular flexibility index (Phi) is 5.13. The average molecular weight is 368 g/mol. The lowest BCUT2D eigenvalue weighted by atomic mass is 9.96. The minimum atomic E-state index is -3.34. The molecule has 1 atom stereocenters. The number of hydrogen-bond acceptors (Lipinski definition) is 4. The van der Waals surface area contributed by atoms with Crippen LogP contribution in [0.2, 0.25) is 0 Å². The Balaban J connectivity index is 1.75. The molecule has 7 heteroatoms. The molecule has 2 aromatic heterocycles. The molecule has 5 nitrogen and oxygen atoms in total. The van der Waals surface area contributed by atoms with Crippen molar-refractivity contribution in [1.82, 2.24) is 13.9 Å². The number of aromatic nitrogens is 2. The van der Waals surface area contributed by atoms with Crippen LogP contribution in [0.5, 0.6) is 0 Å². The molecule has 0 bridgehead atoms. The zero-order chi connectivity index (χ0) is 17.3. The molecule has 3 rings (SSSR count). The molecule has 0 aromatic carbocycles. The third-order valence-corrected chi connectivity index (χ3v) is 7.86. The fraction of sp³-hybridized carbons (Fsp3) is 0.588. The van der Waals surface area contributed by atoms with Crippen molar-refractivity contribution in [3.8, 4) is 0 Å². The third-order valence-electron chi connectivity index (χ3n) is 4.62. The van der Waals surface area contributed by atoms with Gasteiger partial charge in [0.05, 0.1) is 0 Å². The standard InChI is InChI=1S/C17H25N3O2S2/c1-13(2)20-14(3)11-18-16(20)10-15-6-4-8-19(12-15)24(21,22)17-7-5-9-23-17/h5,7,9,11,13,15H,4,6,8,10,12H2,1-3H3. The summed E-state index contributed by atoms with van der Waals surface area (Å²) in [6.07, 6.45) is 4.72. The lowest BCUT2D eigenvalue weighted by Crippen LogP contribution is -2.40. The number of thiophene rings is 1. The number of imidazole rings is 1. The van der Waals surface area contributed by atoms with Gasteiger partial charge in [-0.25, -0.2) is 13.4 Å². The molecule has 0 saturated carbocycles. The Labute approximate surface area is 148 Å². The number of rotatable bonds is 5. The molecule has 2 aromatic rings. The van der Waals surface area contributed by atoms with Crippen LogP contribution >= 0.6 is 11.3 Å². The van der Waals surface area contributed by atoms with Crippen molar-refractivity contribution < 1.29 is 8.42 Å². The Morgan fingerprint density at radius 3 is 2.88 bits per heavy atom. The lowest BCUT2D eigenvalue weighted by Gasteiger charge is -2.31. The van der Waals surface area contributed by atoms with Crippen LogP contribution in [-0.4, -0.2) is 35.4 Å². The summed E-state index contributed by atoms with van der Waals surface area (Å²) < 4.78 is 29.8. The van der Waals surface area contributed by atoms with E-state index in [2.05, 4.69) is 30.3 Å². The molecule has 0 N–H and O–H groups in total. The lowest BCUT2D eigenvalue weighted by molar-refractivity contribution is 0.261. The first-order valence-electron chi connectivity index (χ1n) is 8.46. The summed E-state index contributed by atoms with van der Waals surface area (Å²) in [6.45, 7) is 7.60. The number of nitrogens with zero attached hydrogens (tertiary/aromatic N) is 3. The Hall–Kier alpha value is -1.18. The Morgan fingerprint density at radius 1 is 1.42 bits per heavy atom. The summed E-state index contributed by atoms with van der Waals surface area (Å²) in [7, 11) is -3.34. The van der Waals surface area contributed by atoms with Crippen molar-refractivity contribution >= 4 is 21.4 Å². The second-order valence-corrected chi connectivity index (χ2v) is 9.90. The van der Waals surface area contributed by atoms with Gasteiger partial charge in [0, 0.05) is 37.4 Å². The van der Waals surface area contributed by atoms with Crippen molar-refractivity contribution in [3.63, 3.8) is 0 Å². The zero-order valence-corrected chi connectivity index (χ0v) is 16.1. The van der Waals surface area contributed by atoms with Gasteiger partial charge in [0.25, 0.3) is 10.0 Å². The SMILES string of the molecule is Cc1cnc(CC2CCCN(S(=O)(=O)c3cccs3)C2)n1C(C)C.